The molecule has 1 atom stereocenters. The number of likely N-dealkylation sites (tertiary alicyclic amines) is 1. The van der Waals surface area contributed by atoms with Crippen LogP contribution in [0, 0.1) is 4.77 Å². The average molecular weight is 382 g/mol. The van der Waals surface area contributed by atoms with Gasteiger partial charge in [-0.2, -0.15) is 5.10 Å². The van der Waals surface area contributed by atoms with Gasteiger partial charge in [-0.25, -0.2) is 0 Å². The molecular weight excluding hydrogens is 364 g/mol. The second-order valence-corrected chi connectivity index (χ2v) is 7.09. The largest absolute Gasteiger partial charge is 0.486 e. The number of para-hydroxylation sites is 1. The standard InChI is InChI=1S/C19H18N4O3S/c24-18(12-6-7-16-20-21-19(27)23(16)11-12)22-8-2-4-14(22)13-3-1-5-15-17(13)26-10-9-25-15/h1,3,5-7,11,14H,2,4,8-10H2,(H,21,27)/t14-/m1/s1. The minimum Gasteiger partial charge on any atom is -0.486 e. The summed E-state index contributed by atoms with van der Waals surface area (Å²) in [5, 5.41) is 6.86. The van der Waals surface area contributed by atoms with Crippen molar-refractivity contribution >= 4 is 23.8 Å². The Morgan fingerprint density at radius 1 is 1.22 bits per heavy atom. The summed E-state index contributed by atoms with van der Waals surface area (Å²) >= 11 is 5.22. The van der Waals surface area contributed by atoms with E-state index in [1.807, 2.05) is 23.1 Å². The molecule has 0 aliphatic carbocycles. The quantitative estimate of drug-likeness (QED) is 0.690. The molecule has 1 aromatic carbocycles. The van der Waals surface area contributed by atoms with Gasteiger partial charge in [0, 0.05) is 18.3 Å². The fraction of sp³-hybridized carbons (Fsp3) is 0.316. The van der Waals surface area contributed by atoms with Crippen molar-refractivity contribution in [3.05, 3.63) is 52.4 Å². The van der Waals surface area contributed by atoms with Crippen LogP contribution in [0.25, 0.3) is 5.65 Å². The summed E-state index contributed by atoms with van der Waals surface area (Å²) in [5.74, 6) is 1.50. The van der Waals surface area contributed by atoms with E-state index in [4.69, 9.17) is 21.7 Å². The van der Waals surface area contributed by atoms with E-state index in [1.54, 1.807) is 22.7 Å². The summed E-state index contributed by atoms with van der Waals surface area (Å²) < 4.78 is 13.8. The third kappa shape index (κ3) is 2.68. The molecular formula is C19H18N4O3S. The van der Waals surface area contributed by atoms with Gasteiger partial charge in [-0.05, 0) is 43.3 Å². The van der Waals surface area contributed by atoms with Gasteiger partial charge in [0.05, 0.1) is 11.6 Å². The van der Waals surface area contributed by atoms with Crippen LogP contribution in [0.5, 0.6) is 11.5 Å². The number of benzene rings is 1. The molecule has 1 amide bonds. The summed E-state index contributed by atoms with van der Waals surface area (Å²) in [7, 11) is 0. The number of nitrogens with zero attached hydrogens (tertiary/aromatic N) is 3. The van der Waals surface area contributed by atoms with Crippen molar-refractivity contribution in [3.63, 3.8) is 0 Å². The first kappa shape index (κ1) is 16.3. The molecule has 1 fully saturated rings. The second kappa shape index (κ2) is 6.38. The van der Waals surface area contributed by atoms with E-state index in [1.165, 1.54) is 0 Å². The molecule has 4 heterocycles. The number of carbonyl (C=O) groups is 1. The second-order valence-electron chi connectivity index (χ2n) is 6.70. The van der Waals surface area contributed by atoms with Crippen LogP contribution in [0.2, 0.25) is 0 Å². The van der Waals surface area contributed by atoms with Crippen molar-refractivity contribution in [3.8, 4) is 11.5 Å². The van der Waals surface area contributed by atoms with Crippen LogP contribution >= 0.6 is 12.2 Å². The number of pyridine rings is 1. The van der Waals surface area contributed by atoms with E-state index in [0.717, 1.165) is 29.9 Å². The number of ether oxygens (including phenoxy) is 2. The van der Waals surface area contributed by atoms with Gasteiger partial charge < -0.3 is 14.4 Å². The number of nitrogens with one attached hydrogen (secondary N) is 1. The van der Waals surface area contributed by atoms with Crippen molar-refractivity contribution in [2.24, 2.45) is 0 Å². The predicted molar refractivity (Wildman–Crippen MR) is 101 cm³/mol. The lowest BCUT2D eigenvalue weighted by atomic mass is 10.0. The first-order valence-electron chi connectivity index (χ1n) is 8.98. The Balaban J connectivity index is 1.51. The zero-order valence-electron chi connectivity index (χ0n) is 14.6. The summed E-state index contributed by atoms with van der Waals surface area (Å²) in [6.45, 7) is 1.79. The first-order chi connectivity index (χ1) is 13.2. The van der Waals surface area contributed by atoms with Gasteiger partial charge in [0.1, 0.15) is 13.2 Å². The first-order valence-corrected chi connectivity index (χ1v) is 9.39. The molecule has 1 N–H and O–H groups in total. The van der Waals surface area contributed by atoms with Crippen molar-refractivity contribution in [2.75, 3.05) is 19.8 Å². The van der Waals surface area contributed by atoms with Gasteiger partial charge in [-0.1, -0.05) is 12.1 Å². The van der Waals surface area contributed by atoms with Crippen molar-refractivity contribution in [1.29, 1.82) is 0 Å². The highest BCUT2D eigenvalue weighted by atomic mass is 32.1. The van der Waals surface area contributed by atoms with Crippen LogP contribution in [0.15, 0.2) is 36.5 Å². The molecule has 27 heavy (non-hydrogen) atoms. The van der Waals surface area contributed by atoms with Crippen LogP contribution in [0.3, 0.4) is 0 Å². The average Bonchev–Trinajstić information content (AvgIpc) is 3.34. The van der Waals surface area contributed by atoms with E-state index in [-0.39, 0.29) is 11.9 Å². The molecule has 138 valence electrons. The summed E-state index contributed by atoms with van der Waals surface area (Å²) in [6.07, 6.45) is 3.60. The Morgan fingerprint density at radius 2 is 2.11 bits per heavy atom. The van der Waals surface area contributed by atoms with Gasteiger partial charge in [0.15, 0.2) is 21.9 Å². The van der Waals surface area contributed by atoms with Gasteiger partial charge in [0.25, 0.3) is 5.91 Å². The minimum atomic E-state index is -0.0258. The number of rotatable bonds is 2. The normalized spacial score (nSPS) is 18.8. The molecule has 7 nitrogen and oxygen atoms in total. The number of amides is 1. The topological polar surface area (TPSA) is 71.9 Å². The van der Waals surface area contributed by atoms with Crippen LogP contribution in [0.1, 0.15) is 34.8 Å². The zero-order chi connectivity index (χ0) is 18.4. The molecule has 0 spiro atoms. The monoisotopic (exact) mass is 382 g/mol. The number of aromatic amines is 1. The van der Waals surface area contributed by atoms with Gasteiger partial charge >= 0.3 is 0 Å². The lowest BCUT2D eigenvalue weighted by molar-refractivity contribution is 0.0730. The van der Waals surface area contributed by atoms with Crippen LogP contribution < -0.4 is 9.47 Å². The predicted octanol–water partition coefficient (Wildman–Crippen LogP) is 3.14. The highest BCUT2D eigenvalue weighted by Crippen LogP contribution is 2.43. The molecule has 0 saturated carbocycles. The smallest absolute Gasteiger partial charge is 0.255 e. The van der Waals surface area contributed by atoms with Crippen molar-refractivity contribution in [1.82, 2.24) is 19.5 Å². The number of aromatic nitrogens is 3. The molecule has 0 bridgehead atoms. The SMILES string of the molecule is O=C(c1ccc2n[nH]c(=S)n2c1)N1CCC[C@@H]1c1cccc2c1OCCO2. The summed E-state index contributed by atoms with van der Waals surface area (Å²) in [5.41, 5.74) is 2.30. The highest BCUT2D eigenvalue weighted by Gasteiger charge is 2.34. The Bertz CT molecular complexity index is 1090. The van der Waals surface area contributed by atoms with Gasteiger partial charge in [-0.15, -0.1) is 0 Å². The molecule has 3 aromatic rings. The molecule has 5 rings (SSSR count). The van der Waals surface area contributed by atoms with E-state index >= 15 is 0 Å². The van der Waals surface area contributed by atoms with Crippen molar-refractivity contribution in [2.45, 2.75) is 18.9 Å². The van der Waals surface area contributed by atoms with E-state index in [9.17, 15) is 4.79 Å². The molecule has 2 aromatic heterocycles. The molecule has 2 aliphatic heterocycles. The molecule has 2 aliphatic rings. The van der Waals surface area contributed by atoms with Crippen molar-refractivity contribution < 1.29 is 14.3 Å². The van der Waals surface area contributed by atoms with E-state index in [0.29, 0.717) is 35.7 Å². The number of H-pyrrole nitrogens is 1. The third-order valence-corrected chi connectivity index (χ3v) is 5.42. The Labute approximate surface area is 160 Å². The Morgan fingerprint density at radius 3 is 3.04 bits per heavy atom. The maximum atomic E-state index is 13.3. The number of hydrogen-bond donors (Lipinski definition) is 1. The lowest BCUT2D eigenvalue weighted by Gasteiger charge is -2.29. The highest BCUT2D eigenvalue weighted by molar-refractivity contribution is 7.71. The van der Waals surface area contributed by atoms with E-state index < -0.39 is 0 Å². The summed E-state index contributed by atoms with van der Waals surface area (Å²) in [6, 6.07) is 9.46. The van der Waals surface area contributed by atoms with E-state index in [2.05, 4.69) is 10.2 Å². The third-order valence-electron chi connectivity index (χ3n) is 5.13. The maximum Gasteiger partial charge on any atom is 0.255 e. The lowest BCUT2D eigenvalue weighted by Crippen LogP contribution is -2.31. The fourth-order valence-corrected chi connectivity index (χ4v) is 4.08. The number of carbonyl (C=O) groups excluding carboxylic acids is 1. The molecule has 8 heteroatoms. The van der Waals surface area contributed by atoms with Crippen LogP contribution in [-0.2, 0) is 0 Å². The number of fused-ring (bicyclic) bond motifs is 2. The molecule has 0 radical (unpaired) electrons. The fourth-order valence-electron chi connectivity index (χ4n) is 3.89. The Hall–Kier alpha value is -2.87. The summed E-state index contributed by atoms with van der Waals surface area (Å²) in [4.78, 5) is 15.2. The van der Waals surface area contributed by atoms with Gasteiger partial charge in [-0.3, -0.25) is 14.3 Å². The van der Waals surface area contributed by atoms with Gasteiger partial charge in [0.2, 0.25) is 0 Å². The van der Waals surface area contributed by atoms with Crippen LogP contribution in [-0.4, -0.2) is 45.2 Å². The zero-order valence-corrected chi connectivity index (χ0v) is 15.4. The van der Waals surface area contributed by atoms with Crippen LogP contribution in [0.4, 0.5) is 0 Å². The maximum absolute atomic E-state index is 13.3. The Kier molecular flexibility index (Phi) is 3.86. The molecule has 1 saturated heterocycles. The molecule has 0 unspecified atom stereocenters. The number of hydrogen-bond acceptors (Lipinski definition) is 5. The minimum absolute atomic E-state index is 0.0168.